The molecular formula is C10H13NO5. The lowest BCUT2D eigenvalue weighted by atomic mass is 10.3. The predicted octanol–water partition coefficient (Wildman–Crippen LogP) is 0.375. The molecule has 0 spiro atoms. The first-order valence-corrected chi connectivity index (χ1v) is 4.69. The van der Waals surface area contributed by atoms with Crippen molar-refractivity contribution >= 4 is 18.0 Å². The third-order valence-electron chi connectivity index (χ3n) is 1.47. The minimum Gasteiger partial charge on any atom is -0.462 e. The Kier molecular flexibility index (Phi) is 8.44. The van der Waals surface area contributed by atoms with Crippen LogP contribution in [0.1, 0.15) is 12.8 Å². The molecule has 0 aliphatic rings. The number of carbonyl (C=O) groups excluding carboxylic acids is 3. The molecule has 6 nitrogen and oxygen atoms in total. The highest BCUT2D eigenvalue weighted by molar-refractivity contribution is 5.81. The highest BCUT2D eigenvalue weighted by Crippen LogP contribution is 1.93. The van der Waals surface area contributed by atoms with Crippen molar-refractivity contribution in [1.29, 1.82) is 0 Å². The summed E-state index contributed by atoms with van der Waals surface area (Å²) in [5.41, 5.74) is 0. The zero-order valence-corrected chi connectivity index (χ0v) is 8.81. The number of hydrogen-bond acceptors (Lipinski definition) is 6. The lowest BCUT2D eigenvalue weighted by molar-refractivity contribution is -0.149. The molecule has 0 aromatic rings. The maximum Gasteiger partial charge on any atom is 0.330 e. The Hall–Kier alpha value is -1.94. The Morgan fingerprint density at radius 2 is 2.00 bits per heavy atom. The number of ether oxygens (including phenoxy) is 2. The molecule has 0 aromatic carbocycles. The van der Waals surface area contributed by atoms with Crippen LogP contribution in [0.15, 0.2) is 17.6 Å². The first kappa shape index (κ1) is 14.1. The molecule has 0 aromatic heterocycles. The van der Waals surface area contributed by atoms with Gasteiger partial charge in [0.05, 0.1) is 6.54 Å². The first-order valence-electron chi connectivity index (χ1n) is 4.69. The second kappa shape index (κ2) is 9.61. The molecule has 0 heterocycles. The monoisotopic (exact) mass is 227 g/mol. The molecule has 6 heteroatoms. The van der Waals surface area contributed by atoms with Crippen LogP contribution in [0.5, 0.6) is 0 Å². The van der Waals surface area contributed by atoms with Crippen LogP contribution in [0.25, 0.3) is 0 Å². The minimum absolute atomic E-state index is 0.00306. The van der Waals surface area contributed by atoms with Gasteiger partial charge in [-0.25, -0.2) is 14.6 Å². The fraction of sp³-hybridized carbons (Fsp3) is 0.500. The fourth-order valence-electron chi connectivity index (χ4n) is 0.777. The highest BCUT2D eigenvalue weighted by atomic mass is 16.6. The maximum absolute atomic E-state index is 11.0. The van der Waals surface area contributed by atoms with Gasteiger partial charge in [0.2, 0.25) is 6.08 Å². The van der Waals surface area contributed by atoms with Gasteiger partial charge in [0.25, 0.3) is 0 Å². The van der Waals surface area contributed by atoms with Crippen molar-refractivity contribution in [3.63, 3.8) is 0 Å². The van der Waals surface area contributed by atoms with Crippen LogP contribution in [0.3, 0.4) is 0 Å². The van der Waals surface area contributed by atoms with E-state index >= 15 is 0 Å². The molecule has 0 N–H and O–H groups in total. The topological polar surface area (TPSA) is 82.0 Å². The van der Waals surface area contributed by atoms with Crippen LogP contribution in [-0.2, 0) is 23.9 Å². The molecule has 0 saturated carbocycles. The number of nitrogens with zero attached hydrogens (tertiary/aromatic N) is 1. The van der Waals surface area contributed by atoms with Crippen molar-refractivity contribution in [2.24, 2.45) is 4.99 Å². The Balaban J connectivity index is 3.40. The van der Waals surface area contributed by atoms with Crippen LogP contribution >= 0.6 is 0 Å². The van der Waals surface area contributed by atoms with E-state index in [4.69, 9.17) is 4.74 Å². The summed E-state index contributed by atoms with van der Waals surface area (Å²) in [5.74, 6) is -0.980. The summed E-state index contributed by atoms with van der Waals surface area (Å²) < 4.78 is 9.31. The molecule has 16 heavy (non-hydrogen) atoms. The van der Waals surface area contributed by atoms with E-state index in [1.807, 2.05) is 0 Å². The van der Waals surface area contributed by atoms with Gasteiger partial charge in [0.1, 0.15) is 13.2 Å². The molecule has 0 aliphatic carbocycles. The lowest BCUT2D eigenvalue weighted by Crippen LogP contribution is -2.12. The molecular weight excluding hydrogens is 214 g/mol. The molecule has 0 fully saturated rings. The van der Waals surface area contributed by atoms with Gasteiger partial charge in [-0.3, -0.25) is 4.79 Å². The smallest absolute Gasteiger partial charge is 0.330 e. The summed E-state index contributed by atoms with van der Waals surface area (Å²) in [4.78, 5) is 34.5. The molecule has 0 bridgehead atoms. The lowest BCUT2D eigenvalue weighted by Gasteiger charge is -2.04. The second-order valence-corrected chi connectivity index (χ2v) is 2.67. The van der Waals surface area contributed by atoms with Gasteiger partial charge in [-0.2, -0.15) is 0 Å². The molecule has 0 rings (SSSR count). The average Bonchev–Trinajstić information content (AvgIpc) is 2.30. The van der Waals surface area contributed by atoms with Crippen LogP contribution in [0.2, 0.25) is 0 Å². The predicted molar refractivity (Wildman–Crippen MR) is 54.3 cm³/mol. The quantitative estimate of drug-likeness (QED) is 0.197. The normalized spacial score (nSPS) is 8.75. The van der Waals surface area contributed by atoms with Crippen LogP contribution in [-0.4, -0.2) is 37.8 Å². The standard InChI is InChI=1S/C10H13NO5/c1-2-9(13)15-6-7-16-10(14)4-3-5-11-8-12/h2H,1,3-7H2. The zero-order chi connectivity index (χ0) is 12.2. The Labute approximate surface area is 92.9 Å². The van der Waals surface area contributed by atoms with E-state index in [1.165, 1.54) is 6.08 Å². The summed E-state index contributed by atoms with van der Waals surface area (Å²) in [6.07, 6.45) is 2.99. The van der Waals surface area contributed by atoms with E-state index in [-0.39, 0.29) is 26.2 Å². The maximum atomic E-state index is 11.0. The number of rotatable bonds is 8. The van der Waals surface area contributed by atoms with Gasteiger partial charge < -0.3 is 9.47 Å². The number of carbonyl (C=O) groups is 2. The van der Waals surface area contributed by atoms with E-state index in [0.29, 0.717) is 6.42 Å². The van der Waals surface area contributed by atoms with Crippen molar-refractivity contribution in [2.75, 3.05) is 19.8 Å². The van der Waals surface area contributed by atoms with Gasteiger partial charge in [-0.15, -0.1) is 0 Å². The highest BCUT2D eigenvalue weighted by Gasteiger charge is 2.02. The fourth-order valence-corrected chi connectivity index (χ4v) is 0.777. The van der Waals surface area contributed by atoms with Crippen LogP contribution in [0, 0.1) is 0 Å². The summed E-state index contributed by atoms with van der Waals surface area (Å²) >= 11 is 0. The Bertz CT molecular complexity index is 294. The van der Waals surface area contributed by atoms with Crippen LogP contribution < -0.4 is 0 Å². The average molecular weight is 227 g/mol. The summed E-state index contributed by atoms with van der Waals surface area (Å²) in [7, 11) is 0. The van der Waals surface area contributed by atoms with Gasteiger partial charge >= 0.3 is 11.9 Å². The third-order valence-corrected chi connectivity index (χ3v) is 1.47. The summed E-state index contributed by atoms with van der Waals surface area (Å²) in [6, 6.07) is 0. The SMILES string of the molecule is C=CC(=O)OCCOC(=O)CCCN=C=O. The number of hydrogen-bond donors (Lipinski definition) is 0. The van der Waals surface area contributed by atoms with E-state index in [1.54, 1.807) is 0 Å². The molecule has 0 aliphatic heterocycles. The molecule has 0 unspecified atom stereocenters. The number of esters is 2. The van der Waals surface area contributed by atoms with Gasteiger partial charge in [-0.05, 0) is 6.42 Å². The third kappa shape index (κ3) is 8.65. The summed E-state index contributed by atoms with van der Waals surface area (Å²) in [5, 5.41) is 0. The van der Waals surface area contributed by atoms with E-state index in [0.717, 1.165) is 6.08 Å². The van der Waals surface area contributed by atoms with Crippen LogP contribution in [0.4, 0.5) is 0 Å². The van der Waals surface area contributed by atoms with Crippen molar-refractivity contribution in [3.05, 3.63) is 12.7 Å². The number of aliphatic imine (C=N–C) groups is 1. The van der Waals surface area contributed by atoms with E-state index in [2.05, 4.69) is 16.3 Å². The second-order valence-electron chi connectivity index (χ2n) is 2.67. The zero-order valence-electron chi connectivity index (χ0n) is 8.81. The molecule has 0 amide bonds. The Morgan fingerprint density at radius 3 is 2.62 bits per heavy atom. The van der Waals surface area contributed by atoms with Gasteiger partial charge in [0.15, 0.2) is 0 Å². The van der Waals surface area contributed by atoms with Crippen molar-refractivity contribution < 1.29 is 23.9 Å². The van der Waals surface area contributed by atoms with Crippen molar-refractivity contribution in [3.8, 4) is 0 Å². The number of isocyanates is 1. The molecule has 0 saturated heterocycles. The molecule has 0 radical (unpaired) electrons. The van der Waals surface area contributed by atoms with Crippen molar-refractivity contribution in [1.82, 2.24) is 0 Å². The van der Waals surface area contributed by atoms with Gasteiger partial charge in [-0.1, -0.05) is 6.58 Å². The first-order chi connectivity index (χ1) is 7.70. The van der Waals surface area contributed by atoms with Gasteiger partial charge in [0, 0.05) is 12.5 Å². The summed E-state index contributed by atoms with van der Waals surface area (Å²) in [6.45, 7) is 3.47. The van der Waals surface area contributed by atoms with E-state index in [9.17, 15) is 14.4 Å². The molecule has 0 atom stereocenters. The Morgan fingerprint density at radius 1 is 1.31 bits per heavy atom. The largest absolute Gasteiger partial charge is 0.462 e. The van der Waals surface area contributed by atoms with E-state index < -0.39 is 11.9 Å². The van der Waals surface area contributed by atoms with Crippen molar-refractivity contribution in [2.45, 2.75) is 12.8 Å². The molecule has 88 valence electrons. The minimum atomic E-state index is -0.559.